The molecule has 0 spiro atoms. The molecule has 0 fully saturated rings. The van der Waals surface area contributed by atoms with Gasteiger partial charge in [0, 0.05) is 5.57 Å². The van der Waals surface area contributed by atoms with Crippen LogP contribution in [-0.4, -0.2) is 21.8 Å². The van der Waals surface area contributed by atoms with Crippen molar-refractivity contribution in [2.45, 2.75) is 17.9 Å². The summed E-state index contributed by atoms with van der Waals surface area (Å²) < 4.78 is 23.6. The summed E-state index contributed by atoms with van der Waals surface area (Å²) in [6.45, 7) is 1.09. The lowest BCUT2D eigenvalue weighted by Crippen LogP contribution is -2.40. The Balaban J connectivity index is 3.39. The molecule has 16 heavy (non-hydrogen) atoms. The Morgan fingerprint density at radius 2 is 2.12 bits per heavy atom. The molecule has 0 amide bonds. The number of alkyl halides is 3. The maximum atomic E-state index is 12.8. The van der Waals surface area contributed by atoms with E-state index in [-0.39, 0.29) is 10.1 Å². The maximum absolute atomic E-state index is 12.8. The molecule has 0 saturated heterocycles. The van der Waals surface area contributed by atoms with Crippen LogP contribution in [0, 0.1) is 5.92 Å². The van der Waals surface area contributed by atoms with Gasteiger partial charge in [0.15, 0.2) is 4.51 Å². The fraction of sp³-hybridized carbons (Fsp3) is 0.444. The molecular weight excluding hydrogens is 329 g/mol. The van der Waals surface area contributed by atoms with Gasteiger partial charge in [0.05, 0.1) is 16.0 Å². The molecule has 90 valence electrons. The van der Waals surface area contributed by atoms with E-state index >= 15 is 0 Å². The van der Waals surface area contributed by atoms with Gasteiger partial charge < -0.3 is 5.11 Å². The summed E-state index contributed by atoms with van der Waals surface area (Å²) in [5.41, 5.74) is -0.666. The Kier molecular flexibility index (Phi) is 4.16. The molecule has 2 unspecified atom stereocenters. The molecule has 1 aliphatic rings. The minimum Gasteiger partial charge on any atom is -0.374 e. The summed E-state index contributed by atoms with van der Waals surface area (Å²) >= 11 is 14.0. The van der Waals surface area contributed by atoms with Crippen LogP contribution >= 0.6 is 39.1 Å². The molecule has 2 atom stereocenters. The molecule has 7 heteroatoms. The van der Waals surface area contributed by atoms with Crippen LogP contribution in [0.4, 0.5) is 8.78 Å². The van der Waals surface area contributed by atoms with E-state index in [1.165, 1.54) is 0 Å². The van der Waals surface area contributed by atoms with Gasteiger partial charge in [-0.15, -0.1) is 0 Å². The van der Waals surface area contributed by atoms with Crippen molar-refractivity contribution in [2.75, 3.05) is 0 Å². The highest BCUT2D eigenvalue weighted by Crippen LogP contribution is 2.45. The fourth-order valence-electron chi connectivity index (χ4n) is 1.53. The SMILES string of the molecule is CC(=O)C1C(C(F)F)=C(Cl)C(Cl)=CC1(O)Br. The molecule has 0 radical (unpaired) electrons. The first-order chi connectivity index (χ1) is 7.18. The molecule has 0 bridgehead atoms. The topological polar surface area (TPSA) is 37.3 Å². The first kappa shape index (κ1) is 14.1. The zero-order valence-electron chi connectivity index (χ0n) is 7.98. The van der Waals surface area contributed by atoms with Crippen LogP contribution in [0.5, 0.6) is 0 Å². The van der Waals surface area contributed by atoms with Crippen LogP contribution in [0.1, 0.15) is 6.92 Å². The molecule has 1 aliphatic carbocycles. The van der Waals surface area contributed by atoms with E-state index in [1.54, 1.807) is 0 Å². The van der Waals surface area contributed by atoms with Crippen molar-refractivity contribution in [1.29, 1.82) is 0 Å². The third kappa shape index (κ3) is 2.47. The van der Waals surface area contributed by atoms with Crippen molar-refractivity contribution in [3.05, 3.63) is 21.7 Å². The first-order valence-electron chi connectivity index (χ1n) is 4.16. The third-order valence-corrected chi connectivity index (χ3v) is 3.65. The second-order valence-corrected chi connectivity index (χ2v) is 5.39. The molecular formula is C9H7BrCl2F2O2. The highest BCUT2D eigenvalue weighted by molar-refractivity contribution is 9.10. The number of carbonyl (C=O) groups is 1. The molecule has 2 nitrogen and oxygen atoms in total. The zero-order valence-corrected chi connectivity index (χ0v) is 11.1. The highest BCUT2D eigenvalue weighted by atomic mass is 79.9. The van der Waals surface area contributed by atoms with Gasteiger partial charge in [0.1, 0.15) is 5.78 Å². The van der Waals surface area contributed by atoms with Crippen molar-refractivity contribution in [3.63, 3.8) is 0 Å². The molecule has 1 N–H and O–H groups in total. The Morgan fingerprint density at radius 3 is 2.50 bits per heavy atom. The van der Waals surface area contributed by atoms with Gasteiger partial charge in [-0.25, -0.2) is 8.78 Å². The van der Waals surface area contributed by atoms with Gasteiger partial charge >= 0.3 is 0 Å². The summed E-state index contributed by atoms with van der Waals surface area (Å²) in [6.07, 6.45) is -1.94. The number of carbonyl (C=O) groups excluding carboxylic acids is 1. The van der Waals surface area contributed by atoms with Crippen molar-refractivity contribution in [2.24, 2.45) is 5.92 Å². The molecule has 0 aliphatic heterocycles. The van der Waals surface area contributed by atoms with Gasteiger partial charge in [-0.2, -0.15) is 0 Å². The average molecular weight is 336 g/mol. The van der Waals surface area contributed by atoms with Gasteiger partial charge in [-0.05, 0) is 28.9 Å². The first-order valence-corrected chi connectivity index (χ1v) is 5.71. The summed E-state index contributed by atoms with van der Waals surface area (Å²) in [5.74, 6) is -2.07. The monoisotopic (exact) mass is 334 g/mol. The zero-order chi connectivity index (χ0) is 12.7. The van der Waals surface area contributed by atoms with Crippen LogP contribution < -0.4 is 0 Å². The largest absolute Gasteiger partial charge is 0.374 e. The Bertz CT molecular complexity index is 391. The predicted octanol–water partition coefficient (Wildman–Crippen LogP) is 3.17. The highest BCUT2D eigenvalue weighted by Gasteiger charge is 2.46. The van der Waals surface area contributed by atoms with Crippen molar-refractivity contribution in [3.8, 4) is 0 Å². The quantitative estimate of drug-likeness (QED) is 0.787. The normalized spacial score (nSPS) is 30.8. The van der Waals surface area contributed by atoms with E-state index in [9.17, 15) is 18.7 Å². The Morgan fingerprint density at radius 1 is 1.62 bits per heavy atom. The molecule has 0 aromatic carbocycles. The summed E-state index contributed by atoms with van der Waals surface area (Å²) in [6, 6.07) is 0. The van der Waals surface area contributed by atoms with Crippen molar-refractivity contribution < 1.29 is 18.7 Å². The van der Waals surface area contributed by atoms with Crippen molar-refractivity contribution in [1.82, 2.24) is 0 Å². The van der Waals surface area contributed by atoms with E-state index < -0.39 is 28.2 Å². The summed E-state index contributed by atoms with van der Waals surface area (Å²) in [5, 5.41) is 9.22. The van der Waals surface area contributed by atoms with Crippen LogP contribution in [-0.2, 0) is 4.79 Å². The molecule has 1 rings (SSSR count). The summed E-state index contributed by atoms with van der Waals surface area (Å²) in [4.78, 5) is 11.3. The smallest absolute Gasteiger partial charge is 0.262 e. The maximum Gasteiger partial charge on any atom is 0.262 e. The number of Topliss-reactive ketones (excluding diaryl/α,β-unsaturated/α-hetero) is 1. The van der Waals surface area contributed by atoms with Crippen LogP contribution in [0.25, 0.3) is 0 Å². The van der Waals surface area contributed by atoms with Gasteiger partial charge in [-0.1, -0.05) is 23.2 Å². The predicted molar refractivity (Wildman–Crippen MR) is 60.9 cm³/mol. The van der Waals surface area contributed by atoms with Crippen molar-refractivity contribution >= 4 is 44.9 Å². The molecule has 0 heterocycles. The van der Waals surface area contributed by atoms with E-state index in [2.05, 4.69) is 15.9 Å². The molecule has 0 saturated carbocycles. The lowest BCUT2D eigenvalue weighted by atomic mass is 9.86. The van der Waals surface area contributed by atoms with E-state index in [1.807, 2.05) is 0 Å². The Labute approximate surface area is 109 Å². The second-order valence-electron chi connectivity index (χ2n) is 3.33. The third-order valence-electron chi connectivity index (χ3n) is 2.15. The van der Waals surface area contributed by atoms with Crippen LogP contribution in [0.3, 0.4) is 0 Å². The number of aliphatic hydroxyl groups is 1. The minimum absolute atomic E-state index is 0.214. The number of allylic oxidation sites excluding steroid dienone is 2. The minimum atomic E-state index is -2.96. The van der Waals surface area contributed by atoms with Crippen LogP contribution in [0.15, 0.2) is 21.7 Å². The standard InChI is InChI=1S/C9H7BrCl2F2O2/c1-3(15)6-5(8(13)14)7(12)4(11)2-9(6,10)16/h2,6,8,16H,1H3. The number of rotatable bonds is 2. The molecule has 0 aromatic rings. The van der Waals surface area contributed by atoms with E-state index in [0.717, 1.165) is 13.0 Å². The number of hydrogen-bond donors (Lipinski definition) is 1. The second kappa shape index (κ2) is 4.72. The number of hydrogen-bond acceptors (Lipinski definition) is 2. The van der Waals surface area contributed by atoms with E-state index in [4.69, 9.17) is 23.2 Å². The lowest BCUT2D eigenvalue weighted by molar-refractivity contribution is -0.123. The van der Waals surface area contributed by atoms with Gasteiger partial charge in [-0.3, -0.25) is 4.79 Å². The number of ketones is 1. The lowest BCUT2D eigenvalue weighted by Gasteiger charge is -2.32. The van der Waals surface area contributed by atoms with Gasteiger partial charge in [0.25, 0.3) is 6.43 Å². The molecule has 0 aromatic heterocycles. The number of halogens is 5. The summed E-state index contributed by atoms with van der Waals surface area (Å²) in [7, 11) is 0. The van der Waals surface area contributed by atoms with Crippen LogP contribution in [0.2, 0.25) is 0 Å². The van der Waals surface area contributed by atoms with E-state index in [0.29, 0.717) is 0 Å². The average Bonchev–Trinajstić information content (AvgIpc) is 2.08. The Hall–Kier alpha value is 0.0300. The van der Waals surface area contributed by atoms with Gasteiger partial charge in [0.2, 0.25) is 0 Å². The fourth-order valence-corrected chi connectivity index (χ4v) is 2.98.